The molecule has 0 unspecified atom stereocenters. The lowest BCUT2D eigenvalue weighted by Gasteiger charge is -2.25. The SMILES string of the molecule is CCN(Cc1ccccc1)C(=O)[C@@H](C)Nc1ccc(NC(C)=O)cc1. The zero-order valence-corrected chi connectivity index (χ0v) is 15.0. The van der Waals surface area contributed by atoms with Gasteiger partial charge in [0.1, 0.15) is 6.04 Å². The Morgan fingerprint density at radius 3 is 2.16 bits per heavy atom. The van der Waals surface area contributed by atoms with Gasteiger partial charge in [0, 0.05) is 31.4 Å². The Morgan fingerprint density at radius 1 is 1.00 bits per heavy atom. The van der Waals surface area contributed by atoms with E-state index in [0.717, 1.165) is 16.9 Å². The first-order valence-electron chi connectivity index (χ1n) is 8.46. The Balaban J connectivity index is 1.97. The maximum absolute atomic E-state index is 12.7. The van der Waals surface area contributed by atoms with Crippen molar-refractivity contribution in [2.45, 2.75) is 33.4 Å². The van der Waals surface area contributed by atoms with Gasteiger partial charge in [0.05, 0.1) is 0 Å². The summed E-state index contributed by atoms with van der Waals surface area (Å²) < 4.78 is 0. The predicted octanol–water partition coefficient (Wildman–Crippen LogP) is 3.49. The monoisotopic (exact) mass is 339 g/mol. The van der Waals surface area contributed by atoms with Crippen molar-refractivity contribution in [3.63, 3.8) is 0 Å². The van der Waals surface area contributed by atoms with Crippen LogP contribution in [-0.4, -0.2) is 29.3 Å². The van der Waals surface area contributed by atoms with E-state index in [1.807, 2.05) is 73.3 Å². The Labute approximate surface area is 149 Å². The highest BCUT2D eigenvalue weighted by molar-refractivity contribution is 5.89. The van der Waals surface area contributed by atoms with E-state index < -0.39 is 0 Å². The van der Waals surface area contributed by atoms with E-state index in [2.05, 4.69) is 10.6 Å². The van der Waals surface area contributed by atoms with Gasteiger partial charge in [-0.25, -0.2) is 0 Å². The number of hydrogen-bond acceptors (Lipinski definition) is 3. The molecule has 2 amide bonds. The first kappa shape index (κ1) is 18.5. The molecule has 0 bridgehead atoms. The van der Waals surface area contributed by atoms with Crippen LogP contribution in [0, 0.1) is 0 Å². The maximum atomic E-state index is 12.7. The molecule has 0 spiro atoms. The number of nitrogens with zero attached hydrogens (tertiary/aromatic N) is 1. The van der Waals surface area contributed by atoms with Crippen LogP contribution in [0.5, 0.6) is 0 Å². The third kappa shape index (κ3) is 5.64. The van der Waals surface area contributed by atoms with Gasteiger partial charge in [-0.15, -0.1) is 0 Å². The van der Waals surface area contributed by atoms with Gasteiger partial charge in [-0.3, -0.25) is 9.59 Å². The summed E-state index contributed by atoms with van der Waals surface area (Å²) in [5.74, 6) is -0.0546. The van der Waals surface area contributed by atoms with Crippen LogP contribution < -0.4 is 10.6 Å². The van der Waals surface area contributed by atoms with Gasteiger partial charge in [-0.2, -0.15) is 0 Å². The summed E-state index contributed by atoms with van der Waals surface area (Å²) in [7, 11) is 0. The van der Waals surface area contributed by atoms with Crippen molar-refractivity contribution >= 4 is 23.2 Å². The highest BCUT2D eigenvalue weighted by atomic mass is 16.2. The van der Waals surface area contributed by atoms with E-state index in [9.17, 15) is 9.59 Å². The summed E-state index contributed by atoms with van der Waals surface area (Å²) >= 11 is 0. The fraction of sp³-hybridized carbons (Fsp3) is 0.300. The molecule has 0 radical (unpaired) electrons. The molecule has 2 N–H and O–H groups in total. The third-order valence-corrected chi connectivity index (χ3v) is 3.87. The molecule has 0 aliphatic rings. The topological polar surface area (TPSA) is 61.4 Å². The van der Waals surface area contributed by atoms with Crippen molar-refractivity contribution in [1.29, 1.82) is 0 Å². The molecule has 5 heteroatoms. The second kappa shape index (κ2) is 8.87. The van der Waals surface area contributed by atoms with Crippen molar-refractivity contribution in [3.8, 4) is 0 Å². The number of carbonyl (C=O) groups excluding carboxylic acids is 2. The summed E-state index contributed by atoms with van der Waals surface area (Å²) in [5.41, 5.74) is 2.69. The van der Waals surface area contributed by atoms with Gasteiger partial charge in [-0.1, -0.05) is 30.3 Å². The Bertz CT molecular complexity index is 699. The van der Waals surface area contributed by atoms with Crippen LogP contribution in [-0.2, 0) is 16.1 Å². The summed E-state index contributed by atoms with van der Waals surface area (Å²) in [6.07, 6.45) is 0. The molecule has 25 heavy (non-hydrogen) atoms. The zero-order valence-electron chi connectivity index (χ0n) is 15.0. The molecule has 0 aromatic heterocycles. The molecule has 0 aliphatic heterocycles. The smallest absolute Gasteiger partial charge is 0.245 e. The average molecular weight is 339 g/mol. The zero-order chi connectivity index (χ0) is 18.2. The van der Waals surface area contributed by atoms with E-state index in [0.29, 0.717) is 13.1 Å². The summed E-state index contributed by atoms with van der Waals surface area (Å²) in [5, 5.41) is 5.94. The summed E-state index contributed by atoms with van der Waals surface area (Å²) in [4.78, 5) is 25.6. The largest absolute Gasteiger partial charge is 0.374 e. The van der Waals surface area contributed by atoms with Crippen LogP contribution in [0.3, 0.4) is 0 Å². The number of likely N-dealkylation sites (N-methyl/N-ethyl adjacent to an activating group) is 1. The van der Waals surface area contributed by atoms with Crippen molar-refractivity contribution in [3.05, 3.63) is 60.2 Å². The van der Waals surface area contributed by atoms with Gasteiger partial charge in [0.25, 0.3) is 0 Å². The van der Waals surface area contributed by atoms with Crippen LogP contribution >= 0.6 is 0 Å². The number of anilines is 2. The minimum atomic E-state index is -0.338. The van der Waals surface area contributed by atoms with Gasteiger partial charge in [-0.05, 0) is 43.7 Å². The fourth-order valence-electron chi connectivity index (χ4n) is 2.59. The molecule has 0 saturated heterocycles. The van der Waals surface area contributed by atoms with E-state index >= 15 is 0 Å². The Morgan fingerprint density at radius 2 is 1.60 bits per heavy atom. The van der Waals surface area contributed by atoms with Crippen molar-refractivity contribution in [2.75, 3.05) is 17.2 Å². The number of hydrogen-bond donors (Lipinski definition) is 2. The molecule has 2 aromatic carbocycles. The van der Waals surface area contributed by atoms with E-state index in [-0.39, 0.29) is 17.9 Å². The van der Waals surface area contributed by atoms with E-state index in [1.54, 1.807) is 0 Å². The van der Waals surface area contributed by atoms with Crippen molar-refractivity contribution in [2.24, 2.45) is 0 Å². The van der Waals surface area contributed by atoms with Gasteiger partial charge in [0.15, 0.2) is 0 Å². The van der Waals surface area contributed by atoms with Gasteiger partial charge >= 0.3 is 0 Å². The van der Waals surface area contributed by atoms with Crippen LogP contribution in [0.15, 0.2) is 54.6 Å². The Kier molecular flexibility index (Phi) is 6.57. The van der Waals surface area contributed by atoms with Crippen molar-refractivity contribution in [1.82, 2.24) is 4.90 Å². The van der Waals surface area contributed by atoms with Crippen molar-refractivity contribution < 1.29 is 9.59 Å². The third-order valence-electron chi connectivity index (χ3n) is 3.87. The number of rotatable bonds is 7. The van der Waals surface area contributed by atoms with Gasteiger partial charge < -0.3 is 15.5 Å². The van der Waals surface area contributed by atoms with Crippen LogP contribution in [0.4, 0.5) is 11.4 Å². The van der Waals surface area contributed by atoms with Crippen LogP contribution in [0.25, 0.3) is 0 Å². The highest BCUT2D eigenvalue weighted by Crippen LogP contribution is 2.15. The van der Waals surface area contributed by atoms with E-state index in [1.165, 1.54) is 6.92 Å². The van der Waals surface area contributed by atoms with Crippen LogP contribution in [0.1, 0.15) is 26.3 Å². The molecular weight excluding hydrogens is 314 g/mol. The molecule has 0 aliphatic carbocycles. The van der Waals surface area contributed by atoms with E-state index in [4.69, 9.17) is 0 Å². The Hall–Kier alpha value is -2.82. The lowest BCUT2D eigenvalue weighted by Crippen LogP contribution is -2.40. The molecule has 5 nitrogen and oxygen atoms in total. The molecule has 132 valence electrons. The number of benzene rings is 2. The second-order valence-corrected chi connectivity index (χ2v) is 5.96. The number of nitrogens with one attached hydrogen (secondary N) is 2. The average Bonchev–Trinajstić information content (AvgIpc) is 2.61. The van der Waals surface area contributed by atoms with Gasteiger partial charge in [0.2, 0.25) is 11.8 Å². The molecule has 2 aromatic rings. The number of amides is 2. The first-order chi connectivity index (χ1) is 12.0. The molecule has 2 rings (SSSR count). The quantitative estimate of drug-likeness (QED) is 0.812. The molecule has 0 fully saturated rings. The maximum Gasteiger partial charge on any atom is 0.245 e. The molecule has 0 saturated carbocycles. The fourth-order valence-corrected chi connectivity index (χ4v) is 2.59. The number of carbonyl (C=O) groups is 2. The minimum absolute atomic E-state index is 0.0530. The summed E-state index contributed by atoms with van der Waals surface area (Å²) in [6.45, 7) is 6.57. The second-order valence-electron chi connectivity index (χ2n) is 5.96. The summed E-state index contributed by atoms with van der Waals surface area (Å²) in [6, 6.07) is 16.9. The lowest BCUT2D eigenvalue weighted by molar-refractivity contribution is -0.132. The predicted molar refractivity (Wildman–Crippen MR) is 101 cm³/mol. The highest BCUT2D eigenvalue weighted by Gasteiger charge is 2.19. The normalized spacial score (nSPS) is 11.5. The standard InChI is InChI=1S/C20H25N3O2/c1-4-23(14-17-8-6-5-7-9-17)20(25)15(2)21-18-10-12-19(13-11-18)22-16(3)24/h5-13,15,21H,4,14H2,1-3H3,(H,22,24)/t15-/m1/s1. The first-order valence-corrected chi connectivity index (χ1v) is 8.46. The molecule has 0 heterocycles. The van der Waals surface area contributed by atoms with Crippen LogP contribution in [0.2, 0.25) is 0 Å². The molecular formula is C20H25N3O2. The molecule has 1 atom stereocenters. The lowest BCUT2D eigenvalue weighted by atomic mass is 10.2. The minimum Gasteiger partial charge on any atom is -0.374 e.